The number of carbonyl (C=O) groups excluding carboxylic acids is 1. The van der Waals surface area contributed by atoms with Crippen molar-refractivity contribution in [3.05, 3.63) is 41.6 Å². The third-order valence-corrected chi connectivity index (χ3v) is 4.75. The molecule has 1 aromatic carbocycles. The minimum absolute atomic E-state index is 0.0147. The molecule has 1 aromatic heterocycles. The van der Waals surface area contributed by atoms with Crippen molar-refractivity contribution in [1.29, 1.82) is 0 Å². The number of amides is 1. The van der Waals surface area contributed by atoms with Crippen molar-refractivity contribution in [3.8, 4) is 11.3 Å². The summed E-state index contributed by atoms with van der Waals surface area (Å²) in [5.41, 5.74) is 1.35. The molecule has 1 amide bonds. The van der Waals surface area contributed by atoms with Gasteiger partial charge >= 0.3 is 0 Å². The van der Waals surface area contributed by atoms with E-state index in [2.05, 4.69) is 15.2 Å². The van der Waals surface area contributed by atoms with Crippen LogP contribution in [0.3, 0.4) is 0 Å². The molecule has 0 bridgehead atoms. The van der Waals surface area contributed by atoms with E-state index in [1.54, 1.807) is 18.2 Å². The highest BCUT2D eigenvalue weighted by Gasteiger charge is 2.25. The highest BCUT2D eigenvalue weighted by atomic mass is 35.5. The predicted octanol–water partition coefficient (Wildman–Crippen LogP) is 1.68. The zero-order chi connectivity index (χ0) is 20.9. The molecule has 0 unspecified atom stereocenters. The van der Waals surface area contributed by atoms with Gasteiger partial charge in [0.1, 0.15) is 12.8 Å². The molecule has 2 aromatic rings. The lowest BCUT2D eigenvalue weighted by molar-refractivity contribution is -0.121. The molecule has 3 N–H and O–H groups in total. The minimum atomic E-state index is -3.35. The maximum Gasteiger partial charge on any atom is 0.253 e. The molecule has 0 saturated carbocycles. The second-order valence-electron chi connectivity index (χ2n) is 5.91. The van der Waals surface area contributed by atoms with Crippen LogP contribution in [0.1, 0.15) is 17.4 Å². The molecule has 154 valence electrons. The average molecular weight is 454 g/mol. The van der Waals surface area contributed by atoms with Crippen LogP contribution >= 0.6 is 23.2 Å². The summed E-state index contributed by atoms with van der Waals surface area (Å²) in [6.07, 6.45) is -0.287. The first-order chi connectivity index (χ1) is 13.1. The van der Waals surface area contributed by atoms with Crippen molar-refractivity contribution < 1.29 is 27.2 Å². The molecule has 2 atom stereocenters. The van der Waals surface area contributed by atoms with Crippen LogP contribution in [0.4, 0.5) is 4.39 Å². The average Bonchev–Trinajstić information content (AvgIpc) is 3.12. The number of aromatic nitrogens is 1. The van der Waals surface area contributed by atoms with Gasteiger partial charge in [-0.05, 0) is 5.56 Å². The normalized spacial score (nSPS) is 14.1. The number of halogens is 3. The lowest BCUT2D eigenvalue weighted by Gasteiger charge is -2.22. The minimum Gasteiger partial charge on any atom is -0.386 e. The van der Waals surface area contributed by atoms with E-state index in [0.29, 0.717) is 22.6 Å². The maximum absolute atomic E-state index is 13.2. The third kappa shape index (κ3) is 6.42. The number of hydrogen-bond donors (Lipinski definition) is 3. The van der Waals surface area contributed by atoms with Gasteiger partial charge in [-0.25, -0.2) is 17.5 Å². The van der Waals surface area contributed by atoms with Crippen molar-refractivity contribution in [1.82, 2.24) is 15.2 Å². The fourth-order valence-corrected chi connectivity index (χ4v) is 2.80. The lowest BCUT2D eigenvalue weighted by atomic mass is 10.0. The quantitative estimate of drug-likeness (QED) is 0.496. The van der Waals surface area contributed by atoms with Crippen molar-refractivity contribution in [2.75, 3.05) is 12.9 Å². The molecule has 0 aliphatic heterocycles. The highest BCUT2D eigenvalue weighted by Crippen LogP contribution is 2.24. The largest absolute Gasteiger partial charge is 0.386 e. The van der Waals surface area contributed by atoms with Gasteiger partial charge in [0, 0.05) is 11.6 Å². The molecule has 0 spiro atoms. The third-order valence-electron chi connectivity index (χ3n) is 3.68. The number of sulfonamides is 1. The van der Waals surface area contributed by atoms with E-state index in [0.717, 1.165) is 6.26 Å². The van der Waals surface area contributed by atoms with Gasteiger partial charge in [0.05, 0.1) is 24.5 Å². The van der Waals surface area contributed by atoms with E-state index in [-0.39, 0.29) is 6.54 Å². The van der Waals surface area contributed by atoms with Gasteiger partial charge in [-0.2, -0.15) is 0 Å². The second kappa shape index (κ2) is 9.66. The zero-order valence-corrected chi connectivity index (χ0v) is 16.9. The SMILES string of the molecule is CS(=O)(=O)NCc1cc(-c2ccc([C@@H](O)[C@@H](CF)NC(=O)C(Cl)Cl)cc2)on1. The number of aliphatic hydroxyl groups is 1. The van der Waals surface area contributed by atoms with Crippen LogP contribution in [-0.2, 0) is 21.4 Å². The van der Waals surface area contributed by atoms with Gasteiger partial charge in [-0.3, -0.25) is 4.79 Å². The van der Waals surface area contributed by atoms with Crippen molar-refractivity contribution in [3.63, 3.8) is 0 Å². The van der Waals surface area contributed by atoms with Crippen LogP contribution in [0.25, 0.3) is 11.3 Å². The smallest absolute Gasteiger partial charge is 0.253 e. The molecule has 0 saturated heterocycles. The van der Waals surface area contributed by atoms with Crippen LogP contribution in [0.15, 0.2) is 34.9 Å². The molecular formula is C16H18Cl2FN3O5S. The summed E-state index contributed by atoms with van der Waals surface area (Å²) in [6.45, 7) is -1.03. The van der Waals surface area contributed by atoms with Gasteiger partial charge in [-0.15, -0.1) is 0 Å². The Bertz CT molecular complexity index is 905. The Kier molecular flexibility index (Phi) is 7.79. The lowest BCUT2D eigenvalue weighted by Crippen LogP contribution is -2.43. The van der Waals surface area contributed by atoms with Crippen molar-refractivity contribution in [2.24, 2.45) is 0 Å². The summed E-state index contributed by atoms with van der Waals surface area (Å²) < 4.78 is 42.9. The molecule has 28 heavy (non-hydrogen) atoms. The summed E-state index contributed by atoms with van der Waals surface area (Å²) in [7, 11) is -3.35. The molecule has 0 radical (unpaired) electrons. The Hall–Kier alpha value is -1.72. The van der Waals surface area contributed by atoms with Gasteiger partial charge in [0.15, 0.2) is 10.6 Å². The summed E-state index contributed by atoms with van der Waals surface area (Å²) in [4.78, 5) is 10.1. The van der Waals surface area contributed by atoms with E-state index < -0.39 is 39.6 Å². The maximum atomic E-state index is 13.2. The fourth-order valence-electron chi connectivity index (χ4n) is 2.26. The molecule has 0 aliphatic rings. The fraction of sp³-hybridized carbons (Fsp3) is 0.375. The number of nitrogens with zero attached hydrogens (tertiary/aromatic N) is 1. The molecule has 1 heterocycles. The number of carbonyl (C=O) groups is 1. The Morgan fingerprint density at radius 1 is 1.32 bits per heavy atom. The van der Waals surface area contributed by atoms with Crippen LogP contribution in [0, 0.1) is 0 Å². The summed E-state index contributed by atoms with van der Waals surface area (Å²) >= 11 is 10.8. The number of rotatable bonds is 9. The van der Waals surface area contributed by atoms with Crippen molar-refractivity contribution in [2.45, 2.75) is 23.5 Å². The Morgan fingerprint density at radius 2 is 1.96 bits per heavy atom. The number of nitrogens with one attached hydrogen (secondary N) is 2. The molecule has 8 nitrogen and oxygen atoms in total. The van der Waals surface area contributed by atoms with Crippen LogP contribution in [0.5, 0.6) is 0 Å². The first-order valence-electron chi connectivity index (χ1n) is 7.94. The van der Waals surface area contributed by atoms with E-state index >= 15 is 0 Å². The topological polar surface area (TPSA) is 122 Å². The van der Waals surface area contributed by atoms with Gasteiger partial charge in [0.25, 0.3) is 5.91 Å². The first-order valence-corrected chi connectivity index (χ1v) is 10.7. The Balaban J connectivity index is 2.08. The van der Waals surface area contributed by atoms with Crippen LogP contribution in [-0.4, -0.2) is 48.4 Å². The second-order valence-corrected chi connectivity index (χ2v) is 8.84. The Morgan fingerprint density at radius 3 is 2.50 bits per heavy atom. The van der Waals surface area contributed by atoms with Gasteiger partial charge < -0.3 is 14.9 Å². The molecule has 2 rings (SSSR count). The highest BCUT2D eigenvalue weighted by molar-refractivity contribution is 7.88. The zero-order valence-electron chi connectivity index (χ0n) is 14.6. The van der Waals surface area contributed by atoms with Crippen LogP contribution in [0.2, 0.25) is 0 Å². The number of alkyl halides is 3. The number of benzene rings is 1. The van der Waals surface area contributed by atoms with E-state index in [9.17, 15) is 22.7 Å². The molecule has 0 fully saturated rings. The van der Waals surface area contributed by atoms with Gasteiger partial charge in [-0.1, -0.05) is 52.6 Å². The predicted molar refractivity (Wildman–Crippen MR) is 102 cm³/mol. The monoisotopic (exact) mass is 453 g/mol. The summed E-state index contributed by atoms with van der Waals surface area (Å²) in [5.74, 6) is -0.424. The van der Waals surface area contributed by atoms with Gasteiger partial charge in [0.2, 0.25) is 10.0 Å². The van der Waals surface area contributed by atoms with E-state index in [1.165, 1.54) is 12.1 Å². The summed E-state index contributed by atoms with van der Waals surface area (Å²) in [5, 5.41) is 16.3. The first kappa shape index (κ1) is 22.6. The standard InChI is InChI=1S/C16H18Cl2FN3O5S/c1-28(25,26)20-8-11-6-13(27-22-11)9-2-4-10(5-3-9)14(23)12(7-19)21-16(24)15(17)18/h2-6,12,14-15,20,23H,7-8H2,1H3,(H,21,24)/t12-,14-/m1/s1. The summed E-state index contributed by atoms with van der Waals surface area (Å²) in [6, 6.07) is 6.63. The molecule has 12 heteroatoms. The van der Waals surface area contributed by atoms with Crippen LogP contribution < -0.4 is 10.0 Å². The van der Waals surface area contributed by atoms with E-state index in [4.69, 9.17) is 27.7 Å². The Labute approximate surface area is 171 Å². The number of hydrogen-bond acceptors (Lipinski definition) is 6. The molecular weight excluding hydrogens is 436 g/mol. The van der Waals surface area contributed by atoms with Crippen molar-refractivity contribution >= 4 is 39.1 Å². The number of aliphatic hydroxyl groups excluding tert-OH is 1. The molecule has 0 aliphatic carbocycles. The van der Waals surface area contributed by atoms with E-state index in [1.807, 2.05) is 0 Å².